The lowest BCUT2D eigenvalue weighted by atomic mass is 10.1. The van der Waals surface area contributed by atoms with Crippen LogP contribution in [0.2, 0.25) is 5.02 Å². The van der Waals surface area contributed by atoms with Crippen molar-refractivity contribution in [2.24, 2.45) is 5.73 Å². The van der Waals surface area contributed by atoms with E-state index in [2.05, 4.69) is 15.5 Å². The van der Waals surface area contributed by atoms with Gasteiger partial charge in [0.25, 0.3) is 5.91 Å². The largest absolute Gasteiger partial charge is 0.494 e. The second kappa shape index (κ2) is 10.4. The second-order valence-electron chi connectivity index (χ2n) is 7.76. The lowest BCUT2D eigenvalue weighted by Gasteiger charge is -2.26. The highest BCUT2D eigenvalue weighted by Crippen LogP contribution is 2.34. The molecular formula is C22H23ClFN5O5. The molecule has 0 saturated heterocycles. The number of hydrogen-bond donors (Lipinski definition) is 2. The number of methoxy groups -OCH3 is 1. The molecule has 3 N–H and O–H groups in total. The van der Waals surface area contributed by atoms with Gasteiger partial charge in [0, 0.05) is 6.54 Å². The van der Waals surface area contributed by atoms with Crippen molar-refractivity contribution in [1.29, 1.82) is 0 Å². The van der Waals surface area contributed by atoms with Gasteiger partial charge in [0.1, 0.15) is 30.4 Å². The Balaban J connectivity index is 1.91. The minimum Gasteiger partial charge on any atom is -0.494 e. The van der Waals surface area contributed by atoms with Crippen LogP contribution in [0.1, 0.15) is 29.8 Å². The number of nitrogens with zero attached hydrogens (tertiary/aromatic N) is 3. The van der Waals surface area contributed by atoms with Crippen LogP contribution in [0.5, 0.6) is 11.5 Å². The first kappa shape index (κ1) is 24.8. The van der Waals surface area contributed by atoms with Crippen molar-refractivity contribution >= 4 is 23.6 Å². The second-order valence-corrected chi connectivity index (χ2v) is 8.17. The van der Waals surface area contributed by atoms with Crippen LogP contribution in [0.3, 0.4) is 0 Å². The zero-order valence-electron chi connectivity index (χ0n) is 18.7. The SMILES string of the molecule is COc1ccc(CNC(=O)c2c(Cl)ccc(-n3cnnc3)c2OCC(C)(C)OC(N)=O)cc1F. The standard InChI is InChI=1S/C22H23ClFN5O5/c1-22(2,34-21(25)31)10-33-19-16(29-11-27-28-12-29)6-5-14(23)18(19)20(30)26-9-13-4-7-17(32-3)15(24)8-13/h4-8,11-12H,9-10H2,1-3H3,(H2,25,31)(H,26,30). The number of carbonyl (C=O) groups excluding carboxylic acids is 2. The fourth-order valence-electron chi connectivity index (χ4n) is 3.07. The van der Waals surface area contributed by atoms with Crippen molar-refractivity contribution in [1.82, 2.24) is 20.1 Å². The molecule has 0 atom stereocenters. The molecule has 0 fully saturated rings. The Morgan fingerprint density at radius 2 is 1.91 bits per heavy atom. The van der Waals surface area contributed by atoms with Crippen LogP contribution in [-0.4, -0.2) is 46.1 Å². The number of benzene rings is 2. The first-order valence-electron chi connectivity index (χ1n) is 10.0. The average Bonchev–Trinajstić information content (AvgIpc) is 3.30. The third-order valence-corrected chi connectivity index (χ3v) is 4.94. The summed E-state index contributed by atoms with van der Waals surface area (Å²) < 4.78 is 31.4. The number of carbonyl (C=O) groups is 2. The summed E-state index contributed by atoms with van der Waals surface area (Å²) in [6, 6.07) is 7.50. The van der Waals surface area contributed by atoms with Gasteiger partial charge < -0.3 is 25.3 Å². The lowest BCUT2D eigenvalue weighted by Crippen LogP contribution is -2.37. The molecule has 0 bridgehead atoms. The number of nitrogens with two attached hydrogens (primary N) is 1. The Morgan fingerprint density at radius 1 is 1.21 bits per heavy atom. The molecule has 0 saturated carbocycles. The van der Waals surface area contributed by atoms with Crippen LogP contribution < -0.4 is 20.5 Å². The van der Waals surface area contributed by atoms with Gasteiger partial charge in [-0.15, -0.1) is 10.2 Å². The van der Waals surface area contributed by atoms with E-state index in [-0.39, 0.29) is 35.2 Å². The van der Waals surface area contributed by atoms with Crippen LogP contribution >= 0.6 is 11.6 Å². The predicted octanol–water partition coefficient (Wildman–Crippen LogP) is 3.25. The summed E-state index contributed by atoms with van der Waals surface area (Å²) in [5.74, 6) is -0.925. The van der Waals surface area contributed by atoms with E-state index in [0.29, 0.717) is 11.3 Å². The normalized spacial score (nSPS) is 11.1. The van der Waals surface area contributed by atoms with Crippen molar-refractivity contribution in [3.8, 4) is 17.2 Å². The number of rotatable bonds is 9. The quantitative estimate of drug-likeness (QED) is 0.469. The molecule has 180 valence electrons. The van der Waals surface area contributed by atoms with Gasteiger partial charge in [-0.05, 0) is 43.7 Å². The van der Waals surface area contributed by atoms with Gasteiger partial charge in [-0.2, -0.15) is 0 Å². The monoisotopic (exact) mass is 491 g/mol. The van der Waals surface area contributed by atoms with Gasteiger partial charge in [0.05, 0.1) is 17.8 Å². The minimum absolute atomic E-state index is 0.0165. The van der Waals surface area contributed by atoms with Gasteiger partial charge in [-0.1, -0.05) is 17.7 Å². The van der Waals surface area contributed by atoms with Crippen molar-refractivity contribution in [3.05, 3.63) is 65.0 Å². The first-order valence-corrected chi connectivity index (χ1v) is 10.4. The van der Waals surface area contributed by atoms with Gasteiger partial charge in [0.2, 0.25) is 0 Å². The molecule has 0 aliphatic rings. The number of amides is 2. The molecule has 2 amide bonds. The number of ether oxygens (including phenoxy) is 3. The summed E-state index contributed by atoms with van der Waals surface area (Å²) in [5.41, 5.74) is 4.98. The Kier molecular flexibility index (Phi) is 7.57. The van der Waals surface area contributed by atoms with Crippen molar-refractivity contribution in [2.45, 2.75) is 26.0 Å². The Hall–Kier alpha value is -3.86. The Labute approximate surface area is 199 Å². The van der Waals surface area contributed by atoms with Crippen molar-refractivity contribution < 1.29 is 28.2 Å². The van der Waals surface area contributed by atoms with Gasteiger partial charge in [-0.3, -0.25) is 9.36 Å². The van der Waals surface area contributed by atoms with Crippen LogP contribution in [0, 0.1) is 5.82 Å². The fraction of sp³-hybridized carbons (Fsp3) is 0.273. The lowest BCUT2D eigenvalue weighted by molar-refractivity contribution is 0.00897. The van der Waals surface area contributed by atoms with Crippen LogP contribution in [-0.2, 0) is 11.3 Å². The van der Waals surface area contributed by atoms with Crippen molar-refractivity contribution in [2.75, 3.05) is 13.7 Å². The highest BCUT2D eigenvalue weighted by atomic mass is 35.5. The average molecular weight is 492 g/mol. The van der Waals surface area contributed by atoms with Gasteiger partial charge in [-0.25, -0.2) is 9.18 Å². The maximum atomic E-state index is 14.0. The molecule has 0 aliphatic carbocycles. The molecule has 3 rings (SSSR count). The number of hydrogen-bond acceptors (Lipinski definition) is 7. The topological polar surface area (TPSA) is 131 Å². The minimum atomic E-state index is -1.10. The van der Waals surface area contributed by atoms with E-state index in [0.717, 1.165) is 0 Å². The zero-order chi connectivity index (χ0) is 24.9. The molecule has 0 aliphatic heterocycles. The third-order valence-electron chi connectivity index (χ3n) is 4.62. The smallest absolute Gasteiger partial charge is 0.405 e. The summed E-state index contributed by atoms with van der Waals surface area (Å²) >= 11 is 6.38. The van der Waals surface area contributed by atoms with Crippen LogP contribution in [0.25, 0.3) is 5.69 Å². The zero-order valence-corrected chi connectivity index (χ0v) is 19.4. The number of primary amides is 1. The number of nitrogens with one attached hydrogen (secondary N) is 1. The Morgan fingerprint density at radius 3 is 2.53 bits per heavy atom. The molecule has 0 unspecified atom stereocenters. The van der Waals surface area contributed by atoms with E-state index in [9.17, 15) is 14.0 Å². The van der Waals surface area contributed by atoms with Crippen LogP contribution in [0.4, 0.5) is 9.18 Å². The maximum Gasteiger partial charge on any atom is 0.405 e. The van der Waals surface area contributed by atoms with Crippen molar-refractivity contribution in [3.63, 3.8) is 0 Å². The van der Waals surface area contributed by atoms with E-state index >= 15 is 0 Å². The number of halogens is 2. The summed E-state index contributed by atoms with van der Waals surface area (Å²) in [7, 11) is 1.36. The first-order chi connectivity index (χ1) is 16.1. The summed E-state index contributed by atoms with van der Waals surface area (Å²) in [5, 5.41) is 10.4. The summed E-state index contributed by atoms with van der Waals surface area (Å²) in [4.78, 5) is 24.3. The highest BCUT2D eigenvalue weighted by molar-refractivity contribution is 6.34. The van der Waals surface area contributed by atoms with E-state index in [1.54, 1.807) is 26.0 Å². The molecule has 1 aromatic heterocycles. The van der Waals surface area contributed by atoms with E-state index in [1.165, 1.54) is 42.5 Å². The molecule has 12 heteroatoms. The maximum absolute atomic E-state index is 14.0. The molecule has 0 radical (unpaired) electrons. The Bertz CT molecular complexity index is 1190. The molecular weight excluding hydrogens is 469 g/mol. The summed E-state index contributed by atoms with van der Waals surface area (Å²) in [6.07, 6.45) is 1.87. The predicted molar refractivity (Wildman–Crippen MR) is 121 cm³/mol. The molecule has 10 nitrogen and oxygen atoms in total. The molecule has 0 spiro atoms. The van der Waals surface area contributed by atoms with Crippen LogP contribution in [0.15, 0.2) is 43.0 Å². The van der Waals surface area contributed by atoms with Gasteiger partial charge in [0.15, 0.2) is 17.3 Å². The van der Waals surface area contributed by atoms with E-state index < -0.39 is 23.4 Å². The summed E-state index contributed by atoms with van der Waals surface area (Å²) in [6.45, 7) is 3.06. The molecule has 3 aromatic rings. The van der Waals surface area contributed by atoms with E-state index in [4.69, 9.17) is 31.5 Å². The van der Waals surface area contributed by atoms with Gasteiger partial charge >= 0.3 is 6.09 Å². The molecule has 1 heterocycles. The number of aromatic nitrogens is 3. The van der Waals surface area contributed by atoms with E-state index in [1.807, 2.05) is 0 Å². The molecule has 34 heavy (non-hydrogen) atoms. The third kappa shape index (κ3) is 5.93. The fourth-order valence-corrected chi connectivity index (χ4v) is 3.31. The highest BCUT2D eigenvalue weighted by Gasteiger charge is 2.27. The molecule has 2 aromatic carbocycles.